The molecule has 0 saturated heterocycles. The predicted octanol–water partition coefficient (Wildman–Crippen LogP) is 5.48. The van der Waals surface area contributed by atoms with E-state index in [1.54, 1.807) is 40.5 Å². The van der Waals surface area contributed by atoms with Gasteiger partial charge in [0.1, 0.15) is 6.54 Å². The lowest BCUT2D eigenvalue weighted by atomic mass is 10.2. The lowest BCUT2D eigenvalue weighted by Crippen LogP contribution is -2.42. The number of hydrogen-bond donors (Lipinski definition) is 0. The summed E-state index contributed by atoms with van der Waals surface area (Å²) in [4.78, 5) is 30.8. The standard InChI is InChI=1S/C24H25ClN2O2S/c1-2-14-26(24(29)20-10-12-21(25)13-11-20)18-23(28)27(17-22-9-6-15-30-22)16-19-7-4-3-5-8-19/h3-13,15H,2,14,16-18H2,1H3. The van der Waals surface area contributed by atoms with Crippen LogP contribution in [0.5, 0.6) is 0 Å². The van der Waals surface area contributed by atoms with E-state index in [4.69, 9.17) is 11.6 Å². The Kier molecular flexibility index (Phi) is 8.05. The topological polar surface area (TPSA) is 40.6 Å². The Hall–Kier alpha value is -2.63. The molecule has 0 spiro atoms. The largest absolute Gasteiger partial charge is 0.332 e. The van der Waals surface area contributed by atoms with Crippen molar-refractivity contribution in [2.75, 3.05) is 13.1 Å². The number of amides is 2. The normalized spacial score (nSPS) is 10.6. The SMILES string of the molecule is CCCN(CC(=O)N(Cc1ccccc1)Cc1cccs1)C(=O)c1ccc(Cl)cc1. The summed E-state index contributed by atoms with van der Waals surface area (Å²) in [5.41, 5.74) is 1.60. The summed E-state index contributed by atoms with van der Waals surface area (Å²) in [7, 11) is 0. The fourth-order valence-corrected chi connectivity index (χ4v) is 4.03. The molecule has 0 fully saturated rings. The zero-order chi connectivity index (χ0) is 21.3. The second-order valence-electron chi connectivity index (χ2n) is 7.05. The number of halogens is 1. The van der Waals surface area contributed by atoms with Crippen molar-refractivity contribution in [1.29, 1.82) is 0 Å². The van der Waals surface area contributed by atoms with Crippen molar-refractivity contribution < 1.29 is 9.59 Å². The van der Waals surface area contributed by atoms with Gasteiger partial charge in [0.25, 0.3) is 5.91 Å². The Bertz CT molecular complexity index is 943. The van der Waals surface area contributed by atoms with E-state index < -0.39 is 0 Å². The van der Waals surface area contributed by atoms with Crippen LogP contribution in [0.3, 0.4) is 0 Å². The second-order valence-corrected chi connectivity index (χ2v) is 8.52. The smallest absolute Gasteiger partial charge is 0.254 e. The monoisotopic (exact) mass is 440 g/mol. The lowest BCUT2D eigenvalue weighted by Gasteiger charge is -2.27. The van der Waals surface area contributed by atoms with E-state index in [0.717, 1.165) is 16.9 Å². The quantitative estimate of drug-likeness (QED) is 0.442. The number of nitrogens with zero attached hydrogens (tertiary/aromatic N) is 2. The van der Waals surface area contributed by atoms with E-state index in [1.165, 1.54) is 0 Å². The average molecular weight is 441 g/mol. The minimum Gasteiger partial charge on any atom is -0.332 e. The molecule has 0 aliphatic heterocycles. The molecule has 0 aliphatic carbocycles. The van der Waals surface area contributed by atoms with Crippen LogP contribution in [0.15, 0.2) is 72.1 Å². The first kappa shape index (κ1) is 22.1. The molecule has 1 aromatic heterocycles. The third-order valence-corrected chi connectivity index (χ3v) is 5.81. The highest BCUT2D eigenvalue weighted by atomic mass is 35.5. The van der Waals surface area contributed by atoms with Crippen LogP contribution in [0.1, 0.15) is 34.1 Å². The van der Waals surface area contributed by atoms with Crippen molar-refractivity contribution in [3.63, 3.8) is 0 Å². The second kappa shape index (κ2) is 11.0. The molecule has 0 radical (unpaired) electrons. The maximum Gasteiger partial charge on any atom is 0.254 e. The van der Waals surface area contributed by atoms with Gasteiger partial charge in [0.05, 0.1) is 6.54 Å². The van der Waals surface area contributed by atoms with Crippen LogP contribution in [-0.2, 0) is 17.9 Å². The molecule has 0 saturated carbocycles. The number of rotatable bonds is 9. The summed E-state index contributed by atoms with van der Waals surface area (Å²) in [5.74, 6) is -0.222. The van der Waals surface area contributed by atoms with Crippen LogP contribution >= 0.6 is 22.9 Å². The number of carbonyl (C=O) groups excluding carboxylic acids is 2. The first-order chi connectivity index (χ1) is 14.6. The van der Waals surface area contributed by atoms with Crippen LogP contribution in [0.2, 0.25) is 5.02 Å². The van der Waals surface area contributed by atoms with Gasteiger partial charge in [-0.15, -0.1) is 11.3 Å². The Morgan fingerprint density at radius 1 is 0.900 bits per heavy atom. The molecule has 4 nitrogen and oxygen atoms in total. The summed E-state index contributed by atoms with van der Waals surface area (Å²) in [5, 5.41) is 2.59. The molecule has 0 aliphatic rings. The van der Waals surface area contributed by atoms with Crippen molar-refractivity contribution >= 4 is 34.8 Å². The Balaban J connectivity index is 1.76. The van der Waals surface area contributed by atoms with Crippen molar-refractivity contribution in [2.45, 2.75) is 26.4 Å². The third kappa shape index (κ3) is 6.18. The average Bonchev–Trinajstić information content (AvgIpc) is 3.27. The van der Waals surface area contributed by atoms with Gasteiger partial charge in [-0.05, 0) is 47.7 Å². The highest BCUT2D eigenvalue weighted by molar-refractivity contribution is 7.09. The van der Waals surface area contributed by atoms with Gasteiger partial charge in [-0.2, -0.15) is 0 Å². The van der Waals surface area contributed by atoms with Gasteiger partial charge in [0, 0.05) is 28.6 Å². The molecule has 3 aromatic rings. The Morgan fingerprint density at radius 2 is 1.63 bits per heavy atom. The summed E-state index contributed by atoms with van der Waals surface area (Å²) >= 11 is 7.57. The number of carbonyl (C=O) groups is 2. The number of thiophene rings is 1. The molecule has 0 bridgehead atoms. The van der Waals surface area contributed by atoms with E-state index in [1.807, 2.05) is 59.7 Å². The summed E-state index contributed by atoms with van der Waals surface area (Å²) in [6, 6.07) is 20.7. The van der Waals surface area contributed by atoms with Crippen LogP contribution in [0.4, 0.5) is 0 Å². The summed E-state index contributed by atoms with van der Waals surface area (Å²) in [6.07, 6.45) is 0.774. The molecule has 0 N–H and O–H groups in total. The van der Waals surface area contributed by atoms with Crippen LogP contribution < -0.4 is 0 Å². The highest BCUT2D eigenvalue weighted by Gasteiger charge is 2.22. The van der Waals surface area contributed by atoms with Crippen LogP contribution in [0, 0.1) is 0 Å². The van der Waals surface area contributed by atoms with Gasteiger partial charge in [-0.3, -0.25) is 9.59 Å². The lowest BCUT2D eigenvalue weighted by molar-refractivity contribution is -0.133. The first-order valence-corrected chi connectivity index (χ1v) is 11.2. The minimum absolute atomic E-state index is 0.0491. The van der Waals surface area contributed by atoms with E-state index >= 15 is 0 Å². The highest BCUT2D eigenvalue weighted by Crippen LogP contribution is 2.16. The molecule has 1 heterocycles. The van der Waals surface area contributed by atoms with Gasteiger partial charge < -0.3 is 9.80 Å². The third-order valence-electron chi connectivity index (χ3n) is 4.69. The maximum absolute atomic E-state index is 13.3. The molecule has 156 valence electrons. The van der Waals surface area contributed by atoms with Gasteiger partial charge in [-0.1, -0.05) is 54.9 Å². The molecule has 2 aromatic carbocycles. The summed E-state index contributed by atoms with van der Waals surface area (Å²) in [6.45, 7) is 3.60. The van der Waals surface area contributed by atoms with E-state index in [2.05, 4.69) is 0 Å². The van der Waals surface area contributed by atoms with Crippen LogP contribution in [0.25, 0.3) is 0 Å². The number of hydrogen-bond acceptors (Lipinski definition) is 3. The molecule has 0 unspecified atom stereocenters. The van der Waals surface area contributed by atoms with E-state index in [9.17, 15) is 9.59 Å². The van der Waals surface area contributed by atoms with Gasteiger partial charge in [0.2, 0.25) is 5.91 Å². The molecular weight excluding hydrogens is 416 g/mol. The Morgan fingerprint density at radius 3 is 2.27 bits per heavy atom. The molecule has 6 heteroatoms. The van der Waals surface area contributed by atoms with Crippen molar-refractivity contribution in [3.05, 3.63) is 93.1 Å². The van der Waals surface area contributed by atoms with Gasteiger partial charge in [0.15, 0.2) is 0 Å². The maximum atomic E-state index is 13.3. The number of benzene rings is 2. The first-order valence-electron chi connectivity index (χ1n) is 9.95. The molecule has 2 amide bonds. The van der Waals surface area contributed by atoms with Crippen molar-refractivity contribution in [1.82, 2.24) is 9.80 Å². The summed E-state index contributed by atoms with van der Waals surface area (Å²) < 4.78 is 0. The Labute approximate surface area is 186 Å². The molecule has 3 rings (SSSR count). The molecular formula is C24H25ClN2O2S. The van der Waals surface area contributed by atoms with Crippen molar-refractivity contribution in [2.24, 2.45) is 0 Å². The van der Waals surface area contributed by atoms with E-state index in [0.29, 0.717) is 30.2 Å². The molecule has 30 heavy (non-hydrogen) atoms. The van der Waals surface area contributed by atoms with Crippen LogP contribution in [-0.4, -0.2) is 34.7 Å². The van der Waals surface area contributed by atoms with E-state index in [-0.39, 0.29) is 18.4 Å². The predicted molar refractivity (Wildman–Crippen MR) is 123 cm³/mol. The van der Waals surface area contributed by atoms with Gasteiger partial charge in [-0.25, -0.2) is 0 Å². The van der Waals surface area contributed by atoms with Gasteiger partial charge >= 0.3 is 0 Å². The zero-order valence-electron chi connectivity index (χ0n) is 17.0. The zero-order valence-corrected chi connectivity index (χ0v) is 18.5. The fraction of sp³-hybridized carbons (Fsp3) is 0.250. The van der Waals surface area contributed by atoms with Crippen molar-refractivity contribution in [3.8, 4) is 0 Å². The fourth-order valence-electron chi connectivity index (χ4n) is 3.19. The minimum atomic E-state index is -0.155. The molecule has 0 atom stereocenters.